The number of hydrogen-bond acceptors (Lipinski definition) is 6. The maximum atomic E-state index is 5.00. The number of benzene rings is 1. The second-order valence-corrected chi connectivity index (χ2v) is 8.47. The average molecular weight is 408 g/mol. The second-order valence-electron chi connectivity index (χ2n) is 7.43. The third-order valence-corrected chi connectivity index (χ3v) is 6.63. The van der Waals surface area contributed by atoms with Gasteiger partial charge in [0.25, 0.3) is 0 Å². The first-order chi connectivity index (χ1) is 14.1. The molecule has 1 atom stereocenters. The van der Waals surface area contributed by atoms with Gasteiger partial charge in [-0.1, -0.05) is 44.2 Å². The first-order valence-corrected chi connectivity index (χ1v) is 11.2. The zero-order valence-electron chi connectivity index (χ0n) is 17.6. The number of nitrogens with zero attached hydrogens (tertiary/aromatic N) is 3. The molecular formula is C23H29N5S. The maximum Gasteiger partial charge on any atom is 0.139 e. The number of likely N-dealkylation sites (N-methyl/N-ethyl adjacent to an activating group) is 1. The monoisotopic (exact) mass is 407 g/mol. The van der Waals surface area contributed by atoms with E-state index in [1.165, 1.54) is 21.5 Å². The molecule has 3 aromatic rings. The summed E-state index contributed by atoms with van der Waals surface area (Å²) in [6.07, 6.45) is -0.0133. The zero-order valence-corrected chi connectivity index (χ0v) is 18.4. The van der Waals surface area contributed by atoms with Crippen LogP contribution in [0.5, 0.6) is 0 Å². The van der Waals surface area contributed by atoms with Gasteiger partial charge in [0, 0.05) is 24.0 Å². The minimum Gasteiger partial charge on any atom is -0.343 e. The number of thiophene rings is 1. The number of amidine groups is 1. The van der Waals surface area contributed by atoms with E-state index in [0.29, 0.717) is 0 Å². The molecule has 0 saturated heterocycles. The molecule has 152 valence electrons. The van der Waals surface area contributed by atoms with Gasteiger partial charge in [-0.25, -0.2) is 9.98 Å². The van der Waals surface area contributed by atoms with Gasteiger partial charge in [0.15, 0.2) is 0 Å². The lowest BCUT2D eigenvalue weighted by atomic mass is 10.1. The molecule has 0 spiro atoms. The smallest absolute Gasteiger partial charge is 0.139 e. The van der Waals surface area contributed by atoms with Crippen molar-refractivity contribution >= 4 is 33.1 Å². The van der Waals surface area contributed by atoms with Gasteiger partial charge >= 0.3 is 0 Å². The minimum atomic E-state index is -0.0133. The molecule has 4 rings (SSSR count). The highest BCUT2D eigenvalue weighted by Gasteiger charge is 2.26. The van der Waals surface area contributed by atoms with Crippen LogP contribution in [-0.4, -0.2) is 41.9 Å². The predicted octanol–water partition coefficient (Wildman–Crippen LogP) is 5.05. The molecule has 0 bridgehead atoms. The lowest BCUT2D eigenvalue weighted by molar-refractivity contribution is 0.297. The van der Waals surface area contributed by atoms with Crippen LogP contribution >= 0.6 is 11.3 Å². The predicted molar refractivity (Wildman–Crippen MR) is 125 cm³/mol. The number of anilines is 1. The molecule has 0 radical (unpaired) electrons. The van der Waals surface area contributed by atoms with Crippen LogP contribution in [0.4, 0.5) is 5.69 Å². The molecular weight excluding hydrogens is 378 g/mol. The van der Waals surface area contributed by atoms with Gasteiger partial charge in [-0.3, -0.25) is 5.32 Å². The summed E-state index contributed by atoms with van der Waals surface area (Å²) in [6.45, 7) is 12.7. The van der Waals surface area contributed by atoms with Crippen LogP contribution in [0.1, 0.15) is 37.4 Å². The van der Waals surface area contributed by atoms with Gasteiger partial charge < -0.3 is 10.2 Å². The molecule has 5 nitrogen and oxygen atoms in total. The molecule has 6 heteroatoms. The topological polar surface area (TPSA) is 52.5 Å². The molecule has 3 heterocycles. The summed E-state index contributed by atoms with van der Waals surface area (Å²) in [4.78, 5) is 14.6. The average Bonchev–Trinajstić information content (AvgIpc) is 3.10. The van der Waals surface area contributed by atoms with E-state index in [1.807, 2.05) is 13.0 Å². The van der Waals surface area contributed by atoms with Crippen molar-refractivity contribution in [3.05, 3.63) is 46.8 Å². The van der Waals surface area contributed by atoms with Crippen molar-refractivity contribution in [3.63, 3.8) is 0 Å². The maximum absolute atomic E-state index is 5.00. The first-order valence-electron chi connectivity index (χ1n) is 10.4. The van der Waals surface area contributed by atoms with E-state index < -0.39 is 0 Å². The number of aryl methyl sites for hydroxylation is 1. The first kappa shape index (κ1) is 20.0. The number of fused-ring (bicyclic) bond motifs is 3. The Bertz CT molecular complexity index is 1020. The third kappa shape index (κ3) is 4.06. The highest BCUT2D eigenvalue weighted by molar-refractivity contribution is 7.19. The number of pyridine rings is 1. The van der Waals surface area contributed by atoms with E-state index >= 15 is 0 Å². The van der Waals surface area contributed by atoms with Gasteiger partial charge in [-0.05, 0) is 38.6 Å². The van der Waals surface area contributed by atoms with Gasteiger partial charge in [-0.15, -0.1) is 11.3 Å². The fraction of sp³-hybridized carbons (Fsp3) is 0.391. The molecule has 1 aliphatic heterocycles. The Kier molecular flexibility index (Phi) is 5.94. The Morgan fingerprint density at radius 3 is 2.62 bits per heavy atom. The number of rotatable bonds is 7. The van der Waals surface area contributed by atoms with Gasteiger partial charge in [0.1, 0.15) is 11.0 Å². The molecule has 2 aromatic heterocycles. The lowest BCUT2D eigenvalue weighted by Gasteiger charge is -2.24. The molecule has 0 aliphatic carbocycles. The van der Waals surface area contributed by atoms with E-state index in [4.69, 9.17) is 9.98 Å². The standard InChI is InChI=1S/C23H29N5S/c1-5-28(6-2)13-12-24-22-21-20(25-16(4)26-22)19-15(3)14-18(27-23(19)29-21)17-10-8-7-9-11-17/h7-11,14,22,24H,5-6,12-13H2,1-4H3,(H,25,26). The van der Waals surface area contributed by atoms with Crippen molar-refractivity contribution in [3.8, 4) is 11.3 Å². The van der Waals surface area contributed by atoms with Crippen LogP contribution < -0.4 is 10.6 Å². The van der Waals surface area contributed by atoms with Crippen molar-refractivity contribution < 1.29 is 0 Å². The van der Waals surface area contributed by atoms with Crippen LogP contribution in [0.3, 0.4) is 0 Å². The fourth-order valence-electron chi connectivity index (χ4n) is 3.88. The normalized spacial score (nSPS) is 16.0. The largest absolute Gasteiger partial charge is 0.343 e. The quantitative estimate of drug-likeness (QED) is 0.576. The summed E-state index contributed by atoms with van der Waals surface area (Å²) >= 11 is 1.75. The lowest BCUT2D eigenvalue weighted by Crippen LogP contribution is -2.34. The Morgan fingerprint density at radius 2 is 1.90 bits per heavy atom. The summed E-state index contributed by atoms with van der Waals surface area (Å²) in [5, 5.41) is 8.37. The zero-order chi connectivity index (χ0) is 20.4. The van der Waals surface area contributed by atoms with Gasteiger partial charge in [0.05, 0.1) is 22.1 Å². The van der Waals surface area contributed by atoms with Crippen molar-refractivity contribution in [1.82, 2.24) is 15.2 Å². The molecule has 0 saturated carbocycles. The Hall–Kier alpha value is -2.28. The second kappa shape index (κ2) is 8.61. The van der Waals surface area contributed by atoms with E-state index in [0.717, 1.165) is 48.1 Å². The van der Waals surface area contributed by atoms with Crippen LogP contribution in [0.15, 0.2) is 41.4 Å². The summed E-state index contributed by atoms with van der Waals surface area (Å²) in [6, 6.07) is 12.6. The Morgan fingerprint density at radius 1 is 1.14 bits per heavy atom. The van der Waals surface area contributed by atoms with E-state index in [2.05, 4.69) is 66.6 Å². The summed E-state index contributed by atoms with van der Waals surface area (Å²) in [7, 11) is 0. The van der Waals surface area contributed by atoms with Crippen LogP contribution in [0, 0.1) is 6.92 Å². The van der Waals surface area contributed by atoms with Crippen molar-refractivity contribution in [1.29, 1.82) is 0 Å². The number of nitrogens with one attached hydrogen (secondary N) is 2. The molecule has 2 N–H and O–H groups in total. The molecule has 29 heavy (non-hydrogen) atoms. The third-order valence-electron chi connectivity index (χ3n) is 5.49. The van der Waals surface area contributed by atoms with Crippen molar-refractivity contribution in [2.45, 2.75) is 33.9 Å². The van der Waals surface area contributed by atoms with E-state index in [-0.39, 0.29) is 6.17 Å². The van der Waals surface area contributed by atoms with Crippen LogP contribution in [0.25, 0.3) is 21.5 Å². The van der Waals surface area contributed by atoms with E-state index in [1.54, 1.807) is 11.3 Å². The van der Waals surface area contributed by atoms with Gasteiger partial charge in [0.2, 0.25) is 0 Å². The summed E-state index contributed by atoms with van der Waals surface area (Å²) in [5.41, 5.74) is 4.59. The number of hydrogen-bond donors (Lipinski definition) is 2. The summed E-state index contributed by atoms with van der Waals surface area (Å²) in [5.74, 6) is 0.948. The number of aliphatic imine (C=N–C) groups is 1. The highest BCUT2D eigenvalue weighted by Crippen LogP contribution is 2.43. The van der Waals surface area contributed by atoms with Crippen molar-refractivity contribution in [2.75, 3.05) is 31.5 Å². The summed E-state index contributed by atoms with van der Waals surface area (Å²) < 4.78 is 0. The Balaban J connectivity index is 1.67. The Labute approximate surface area is 176 Å². The highest BCUT2D eigenvalue weighted by atomic mass is 32.1. The van der Waals surface area contributed by atoms with Gasteiger partial charge in [-0.2, -0.15) is 0 Å². The minimum absolute atomic E-state index is 0.0133. The number of aromatic nitrogens is 1. The molecule has 0 amide bonds. The van der Waals surface area contributed by atoms with E-state index in [9.17, 15) is 0 Å². The molecule has 1 aliphatic rings. The fourth-order valence-corrected chi connectivity index (χ4v) is 5.10. The molecule has 0 fully saturated rings. The van der Waals surface area contributed by atoms with Crippen LogP contribution in [0.2, 0.25) is 0 Å². The van der Waals surface area contributed by atoms with Crippen LogP contribution in [-0.2, 0) is 0 Å². The van der Waals surface area contributed by atoms with Crippen molar-refractivity contribution in [2.24, 2.45) is 4.99 Å². The molecule has 1 unspecified atom stereocenters. The molecule has 1 aromatic carbocycles. The SMILES string of the molecule is CCN(CC)CCNC1N=C(C)Nc2c1sc1nc(-c3ccccc3)cc(C)c21.